The van der Waals surface area contributed by atoms with Gasteiger partial charge in [0.15, 0.2) is 5.82 Å². The van der Waals surface area contributed by atoms with Crippen molar-refractivity contribution in [3.8, 4) is 11.3 Å². The molecule has 5 rings (SSSR count). The van der Waals surface area contributed by atoms with Gasteiger partial charge in [-0.2, -0.15) is 18.2 Å². The lowest BCUT2D eigenvalue weighted by molar-refractivity contribution is -0.115. The molecule has 0 unspecified atom stereocenters. The highest BCUT2D eigenvalue weighted by Gasteiger charge is 2.29. The first-order chi connectivity index (χ1) is 22.5. The zero-order chi connectivity index (χ0) is 34.9. The predicted octanol–water partition coefficient (Wildman–Crippen LogP) is 3.49. The van der Waals surface area contributed by atoms with Crippen molar-refractivity contribution >= 4 is 48.9 Å². The molecule has 6 N–H and O–H groups in total. The van der Waals surface area contributed by atoms with E-state index >= 15 is 0 Å². The molecule has 3 heterocycles. The number of alkyl halides is 3. The Hall–Kier alpha value is -4.66. The van der Waals surface area contributed by atoms with Crippen molar-refractivity contribution in [2.45, 2.75) is 41.4 Å². The lowest BCUT2D eigenvalue weighted by Crippen LogP contribution is -2.46. The summed E-state index contributed by atoms with van der Waals surface area (Å²) in [5, 5.41) is 19.3. The molecular weight excluding hydrogens is 684 g/mol. The maximum Gasteiger partial charge on any atom is 0.407 e. The number of pyridine rings is 1. The van der Waals surface area contributed by atoms with Gasteiger partial charge in [-0.3, -0.25) is 0 Å². The number of likely N-dealkylation sites (tertiary alicyclic amines) is 1. The number of primary sulfonamides is 1. The molecule has 0 radical (unpaired) electrons. The normalized spacial score (nSPS) is 14.6. The molecule has 4 aromatic rings. The van der Waals surface area contributed by atoms with Crippen LogP contribution >= 0.6 is 0 Å². The van der Waals surface area contributed by atoms with Crippen molar-refractivity contribution in [2.24, 2.45) is 5.14 Å². The van der Waals surface area contributed by atoms with E-state index in [9.17, 15) is 39.2 Å². The smallest absolute Gasteiger partial charge is 0.407 e. The summed E-state index contributed by atoms with van der Waals surface area (Å²) >= 11 is 0. The van der Waals surface area contributed by atoms with E-state index in [2.05, 4.69) is 30.3 Å². The Morgan fingerprint density at radius 1 is 0.958 bits per heavy atom. The van der Waals surface area contributed by atoms with Crippen LogP contribution in [0.2, 0.25) is 0 Å². The zero-order valence-electron chi connectivity index (χ0n) is 24.7. The van der Waals surface area contributed by atoms with E-state index in [4.69, 9.17) is 10.2 Å². The first-order valence-electron chi connectivity index (χ1n) is 14.1. The van der Waals surface area contributed by atoms with E-state index in [-0.39, 0.29) is 71.4 Å². The minimum Gasteiger partial charge on any atom is -0.465 e. The van der Waals surface area contributed by atoms with E-state index in [0.717, 1.165) is 17.0 Å². The van der Waals surface area contributed by atoms with E-state index < -0.39 is 55.6 Å². The number of benzene rings is 2. The summed E-state index contributed by atoms with van der Waals surface area (Å²) in [6.07, 6.45) is -5.36. The number of piperidine rings is 1. The average Bonchev–Trinajstić information content (AvgIpc) is 3.02. The Bertz CT molecular complexity index is 2060. The van der Waals surface area contributed by atoms with E-state index in [1.807, 2.05) is 0 Å². The van der Waals surface area contributed by atoms with Crippen molar-refractivity contribution in [1.82, 2.24) is 24.6 Å². The number of amides is 1. The fourth-order valence-electron chi connectivity index (χ4n) is 4.88. The van der Waals surface area contributed by atoms with Crippen molar-refractivity contribution in [1.29, 1.82) is 0 Å². The highest BCUT2D eigenvalue weighted by Crippen LogP contribution is 2.29. The molecule has 48 heavy (non-hydrogen) atoms. The van der Waals surface area contributed by atoms with Gasteiger partial charge in [-0.15, -0.1) is 0 Å². The largest absolute Gasteiger partial charge is 0.465 e. The van der Waals surface area contributed by atoms with Crippen LogP contribution in [0.4, 0.5) is 34.1 Å². The first-order valence-corrected chi connectivity index (χ1v) is 17.2. The van der Waals surface area contributed by atoms with Crippen LogP contribution in [-0.4, -0.2) is 79.7 Å². The number of nitrogens with zero attached hydrogens (tertiary/aromatic N) is 4. The minimum absolute atomic E-state index is 0.0696. The van der Waals surface area contributed by atoms with Crippen LogP contribution in [0.1, 0.15) is 18.4 Å². The van der Waals surface area contributed by atoms with Crippen LogP contribution in [0.5, 0.6) is 0 Å². The van der Waals surface area contributed by atoms with Crippen LogP contribution in [-0.2, 0) is 26.6 Å². The number of halogens is 4. The summed E-state index contributed by atoms with van der Waals surface area (Å²) in [5.74, 6) is -1.43. The molecule has 1 fully saturated rings. The highest BCUT2D eigenvalue weighted by molar-refractivity contribution is 7.89. The van der Waals surface area contributed by atoms with Crippen LogP contribution in [0.25, 0.3) is 22.3 Å². The minimum atomic E-state index is -4.62. The summed E-state index contributed by atoms with van der Waals surface area (Å²) < 4.78 is 106. The van der Waals surface area contributed by atoms with Gasteiger partial charge in [-0.1, -0.05) is 12.1 Å². The molecule has 0 atom stereocenters. The molecular formula is C28H28F4N8O6S2. The zero-order valence-corrected chi connectivity index (χ0v) is 26.3. The molecule has 0 spiro atoms. The second-order valence-corrected chi connectivity index (χ2v) is 14.0. The number of carbonyl (C=O) groups is 1. The summed E-state index contributed by atoms with van der Waals surface area (Å²) in [6.45, 7) is -1.19. The molecule has 1 aliphatic heterocycles. The second-order valence-electron chi connectivity index (χ2n) is 10.8. The van der Waals surface area contributed by atoms with Crippen molar-refractivity contribution in [3.63, 3.8) is 0 Å². The Kier molecular flexibility index (Phi) is 9.72. The summed E-state index contributed by atoms with van der Waals surface area (Å²) in [4.78, 5) is 24.3. The van der Waals surface area contributed by atoms with E-state index in [1.54, 1.807) is 0 Å². The average molecular weight is 713 g/mol. The third kappa shape index (κ3) is 8.43. The Labute approximate surface area is 271 Å². The van der Waals surface area contributed by atoms with Crippen molar-refractivity contribution in [2.75, 3.05) is 30.3 Å². The van der Waals surface area contributed by atoms with E-state index in [0.29, 0.717) is 5.56 Å². The topological polar surface area (TPSA) is 210 Å². The molecule has 0 aliphatic carbocycles. The molecule has 1 saturated heterocycles. The molecule has 2 aromatic heterocycles. The van der Waals surface area contributed by atoms with Gasteiger partial charge in [0.25, 0.3) is 0 Å². The monoisotopic (exact) mass is 712 g/mol. The molecule has 1 amide bonds. The number of rotatable bonds is 10. The molecule has 0 saturated carbocycles. The highest BCUT2D eigenvalue weighted by atomic mass is 32.2. The summed E-state index contributed by atoms with van der Waals surface area (Å²) in [5.41, 5.74) is 0.840. The fraction of sp³-hybridized carbons (Fsp3) is 0.286. The number of nitrogens with two attached hydrogens (primary N) is 1. The molecule has 20 heteroatoms. The van der Waals surface area contributed by atoms with Crippen molar-refractivity contribution in [3.05, 3.63) is 66.0 Å². The molecule has 2 aromatic carbocycles. The number of hydrogen-bond donors (Lipinski definition) is 5. The van der Waals surface area contributed by atoms with Crippen LogP contribution in [0.15, 0.2) is 64.4 Å². The van der Waals surface area contributed by atoms with Gasteiger partial charge in [0, 0.05) is 31.2 Å². The summed E-state index contributed by atoms with van der Waals surface area (Å²) in [6, 6.07) is 11.0. The number of sulfonamides is 2. The van der Waals surface area contributed by atoms with Crippen LogP contribution in [0.3, 0.4) is 0 Å². The van der Waals surface area contributed by atoms with Gasteiger partial charge in [0.2, 0.25) is 26.0 Å². The van der Waals surface area contributed by atoms with Crippen LogP contribution < -0.4 is 20.5 Å². The van der Waals surface area contributed by atoms with E-state index in [1.165, 1.54) is 42.5 Å². The van der Waals surface area contributed by atoms with Gasteiger partial charge >= 0.3 is 12.3 Å². The standard InChI is InChI=1S/C28H28F4N8O6S2/c29-20-6-3-17(13-23(20)48(45,46)39-18-9-11-40(12-10-18)27(41)42)21-7-8-22-24(36-21)25(35-15-28(30,31)32)38-26(37-22)34-14-16-1-4-19(5-2-16)47(33,43)44/h1-8,13,18,39H,9-12,14-15H2,(H,41,42)(H2,33,43,44)(H2,34,35,37,38). The molecule has 0 bridgehead atoms. The molecule has 256 valence electrons. The number of anilines is 2. The Morgan fingerprint density at radius 3 is 2.27 bits per heavy atom. The quantitative estimate of drug-likeness (QED) is 0.150. The lowest BCUT2D eigenvalue weighted by Gasteiger charge is -2.30. The Morgan fingerprint density at radius 2 is 1.65 bits per heavy atom. The summed E-state index contributed by atoms with van der Waals surface area (Å²) in [7, 11) is -8.31. The number of nitrogens with one attached hydrogen (secondary N) is 3. The second kappa shape index (κ2) is 13.5. The maximum atomic E-state index is 14.8. The third-order valence-electron chi connectivity index (χ3n) is 7.30. The lowest BCUT2D eigenvalue weighted by atomic mass is 10.1. The maximum absolute atomic E-state index is 14.8. The van der Waals surface area contributed by atoms with Gasteiger partial charge in [-0.05, 0) is 60.9 Å². The number of hydrogen-bond acceptors (Lipinski definition) is 10. The molecule has 14 nitrogen and oxygen atoms in total. The number of carboxylic acid groups (broad SMARTS) is 1. The van der Waals surface area contributed by atoms with Gasteiger partial charge < -0.3 is 20.6 Å². The number of fused-ring (bicyclic) bond motifs is 1. The first kappa shape index (κ1) is 34.7. The third-order valence-corrected chi connectivity index (χ3v) is 9.77. The van der Waals surface area contributed by atoms with Gasteiger partial charge in [-0.25, -0.2) is 45.8 Å². The SMILES string of the molecule is NS(=O)(=O)c1ccc(CNc2nc(NCC(F)(F)F)c3nc(-c4ccc(F)c(S(=O)(=O)NC5CCN(C(=O)O)CC5)c4)ccc3n2)cc1. The predicted molar refractivity (Wildman–Crippen MR) is 165 cm³/mol. The molecule has 1 aliphatic rings. The Balaban J connectivity index is 1.42. The van der Waals surface area contributed by atoms with Crippen LogP contribution in [0, 0.1) is 5.82 Å². The van der Waals surface area contributed by atoms with Gasteiger partial charge in [0.1, 0.15) is 22.8 Å². The number of aromatic nitrogens is 3. The van der Waals surface area contributed by atoms with Gasteiger partial charge in [0.05, 0.1) is 16.1 Å². The fourth-order valence-corrected chi connectivity index (χ4v) is 6.80. The van der Waals surface area contributed by atoms with Crippen molar-refractivity contribution < 1.29 is 44.3 Å².